The number of aromatic nitrogens is 6. The van der Waals surface area contributed by atoms with Gasteiger partial charge in [-0.3, -0.25) is 4.57 Å². The molecule has 0 spiro atoms. The van der Waals surface area contributed by atoms with E-state index < -0.39 is 0 Å². The fourth-order valence-electron chi connectivity index (χ4n) is 2.89. The zero-order chi connectivity index (χ0) is 16.8. The first-order chi connectivity index (χ1) is 12.3. The van der Waals surface area contributed by atoms with Crippen molar-refractivity contribution in [1.82, 2.24) is 29.3 Å². The van der Waals surface area contributed by atoms with Crippen LogP contribution < -0.4 is 0 Å². The van der Waals surface area contributed by atoms with E-state index in [-0.39, 0.29) is 0 Å². The number of rotatable bonds is 5. The number of nitrogens with one attached hydrogen (secondary N) is 1. The molecule has 5 rings (SSSR count). The van der Waals surface area contributed by atoms with E-state index in [1.54, 1.807) is 11.8 Å². The van der Waals surface area contributed by atoms with Crippen molar-refractivity contribution in [2.24, 2.45) is 0 Å². The van der Waals surface area contributed by atoms with E-state index in [1.807, 2.05) is 18.3 Å². The molecule has 0 amide bonds. The molecule has 6 nitrogen and oxygen atoms in total. The minimum atomic E-state index is 0.477. The molecule has 1 saturated carbocycles. The molecule has 1 aromatic carbocycles. The third-order valence-electron chi connectivity index (χ3n) is 4.25. The molecular formula is C16H13ClN6S2. The number of halogens is 1. The van der Waals surface area contributed by atoms with E-state index in [4.69, 9.17) is 11.6 Å². The molecule has 0 unspecified atom stereocenters. The van der Waals surface area contributed by atoms with Gasteiger partial charge in [0, 0.05) is 46.0 Å². The summed E-state index contributed by atoms with van der Waals surface area (Å²) >= 11 is 8.93. The second kappa shape index (κ2) is 6.12. The average molecular weight is 389 g/mol. The summed E-state index contributed by atoms with van der Waals surface area (Å²) in [5, 5.41) is 15.1. The van der Waals surface area contributed by atoms with E-state index >= 15 is 0 Å². The molecule has 1 aliphatic carbocycles. The van der Waals surface area contributed by atoms with Crippen molar-refractivity contribution in [3.05, 3.63) is 40.5 Å². The summed E-state index contributed by atoms with van der Waals surface area (Å²) in [4.78, 5) is 3.32. The van der Waals surface area contributed by atoms with Crippen LogP contribution in [0.4, 0.5) is 0 Å². The Kier molecular flexibility index (Phi) is 3.76. The normalized spacial score (nSPS) is 14.4. The highest BCUT2D eigenvalue weighted by Crippen LogP contribution is 2.42. The molecule has 25 heavy (non-hydrogen) atoms. The van der Waals surface area contributed by atoms with Crippen LogP contribution in [0.1, 0.15) is 24.6 Å². The zero-order valence-corrected chi connectivity index (χ0v) is 15.4. The molecule has 0 bridgehead atoms. The van der Waals surface area contributed by atoms with Crippen LogP contribution >= 0.6 is 34.9 Å². The molecule has 1 N–H and O–H groups in total. The lowest BCUT2D eigenvalue weighted by Crippen LogP contribution is -1.99. The quantitative estimate of drug-likeness (QED) is 0.507. The Morgan fingerprint density at radius 3 is 2.92 bits per heavy atom. The van der Waals surface area contributed by atoms with Crippen molar-refractivity contribution >= 4 is 45.8 Å². The lowest BCUT2D eigenvalue weighted by Gasteiger charge is -2.07. The molecule has 0 saturated heterocycles. The van der Waals surface area contributed by atoms with Crippen LogP contribution in [-0.4, -0.2) is 29.3 Å². The lowest BCUT2D eigenvalue weighted by atomic mass is 10.1. The first-order valence-electron chi connectivity index (χ1n) is 7.92. The fourth-order valence-corrected chi connectivity index (χ4v) is 4.63. The van der Waals surface area contributed by atoms with Crippen LogP contribution in [0.15, 0.2) is 35.6 Å². The Hall–Kier alpha value is -1.90. The van der Waals surface area contributed by atoms with E-state index in [0.717, 1.165) is 27.8 Å². The Morgan fingerprint density at radius 2 is 2.12 bits per heavy atom. The first-order valence-corrected chi connectivity index (χ1v) is 10.1. The molecule has 0 aliphatic heterocycles. The van der Waals surface area contributed by atoms with Gasteiger partial charge in [-0.2, -0.15) is 0 Å². The molecule has 1 aliphatic rings. The molecular weight excluding hydrogens is 376 g/mol. The maximum atomic E-state index is 6.11. The third-order valence-corrected chi connectivity index (χ3v) is 6.19. The minimum Gasteiger partial charge on any atom is -0.360 e. The zero-order valence-electron chi connectivity index (χ0n) is 13.0. The van der Waals surface area contributed by atoms with E-state index in [0.29, 0.717) is 16.1 Å². The minimum absolute atomic E-state index is 0.477. The molecule has 1 fully saturated rings. The van der Waals surface area contributed by atoms with E-state index in [1.165, 1.54) is 29.8 Å². The molecule has 0 radical (unpaired) electrons. The van der Waals surface area contributed by atoms with Gasteiger partial charge in [0.1, 0.15) is 10.0 Å². The average Bonchev–Trinajstić information content (AvgIpc) is 3.04. The summed E-state index contributed by atoms with van der Waals surface area (Å²) in [6.07, 6.45) is 4.35. The number of hydrogen-bond donors (Lipinski definition) is 1. The second-order valence-electron chi connectivity index (χ2n) is 5.94. The summed E-state index contributed by atoms with van der Waals surface area (Å²) in [6.45, 7) is 0. The number of fused-ring (bicyclic) bond motifs is 1. The standard InChI is InChI=1S/C16H13ClN6S2/c17-14-13(19-22-25-14)8-24-16-21-20-15(23(16)9-5-6-9)11-7-18-12-4-2-1-3-10(11)12/h1-4,7,9,18H,5-6,8H2. The van der Waals surface area contributed by atoms with Crippen molar-refractivity contribution in [1.29, 1.82) is 0 Å². The van der Waals surface area contributed by atoms with E-state index in [2.05, 4.69) is 41.5 Å². The molecule has 3 heterocycles. The number of para-hydroxylation sites is 1. The van der Waals surface area contributed by atoms with Gasteiger partial charge < -0.3 is 4.98 Å². The predicted octanol–water partition coefficient (Wildman–Crippen LogP) is 4.56. The summed E-state index contributed by atoms with van der Waals surface area (Å²) in [6, 6.07) is 8.74. The lowest BCUT2D eigenvalue weighted by molar-refractivity contribution is 0.669. The molecule has 9 heteroatoms. The Bertz CT molecular complexity index is 1050. The van der Waals surface area contributed by atoms with Gasteiger partial charge >= 0.3 is 0 Å². The van der Waals surface area contributed by atoms with Crippen molar-refractivity contribution in [3.8, 4) is 11.4 Å². The highest BCUT2D eigenvalue weighted by Gasteiger charge is 2.31. The third kappa shape index (κ3) is 2.74. The summed E-state index contributed by atoms with van der Waals surface area (Å²) in [5.41, 5.74) is 3.00. The summed E-state index contributed by atoms with van der Waals surface area (Å²) in [5.74, 6) is 1.57. The van der Waals surface area contributed by atoms with E-state index in [9.17, 15) is 0 Å². The molecule has 126 valence electrons. The van der Waals surface area contributed by atoms with Gasteiger partial charge in [0.25, 0.3) is 0 Å². The molecule has 3 aromatic heterocycles. The Labute approximate surface area is 156 Å². The second-order valence-corrected chi connectivity index (χ2v) is 8.24. The topological polar surface area (TPSA) is 72.3 Å². The predicted molar refractivity (Wildman–Crippen MR) is 100 cm³/mol. The highest BCUT2D eigenvalue weighted by molar-refractivity contribution is 7.98. The maximum Gasteiger partial charge on any atom is 0.192 e. The van der Waals surface area contributed by atoms with Gasteiger partial charge in [-0.05, 0) is 18.9 Å². The number of benzene rings is 1. The van der Waals surface area contributed by atoms with Gasteiger partial charge in [0.05, 0.1) is 0 Å². The van der Waals surface area contributed by atoms with Crippen LogP contribution in [0.25, 0.3) is 22.3 Å². The van der Waals surface area contributed by atoms with Gasteiger partial charge in [-0.15, -0.1) is 15.3 Å². The van der Waals surface area contributed by atoms with Gasteiger partial charge in [0.2, 0.25) is 0 Å². The van der Waals surface area contributed by atoms with Crippen molar-refractivity contribution < 1.29 is 0 Å². The maximum absolute atomic E-state index is 6.11. The number of nitrogens with zero attached hydrogens (tertiary/aromatic N) is 5. The summed E-state index contributed by atoms with van der Waals surface area (Å²) < 4.78 is 6.78. The number of thioether (sulfide) groups is 1. The van der Waals surface area contributed by atoms with Crippen LogP contribution in [-0.2, 0) is 5.75 Å². The Morgan fingerprint density at radius 1 is 1.24 bits per heavy atom. The van der Waals surface area contributed by atoms with Gasteiger partial charge in [-0.1, -0.05) is 46.1 Å². The van der Waals surface area contributed by atoms with Crippen LogP contribution in [0.5, 0.6) is 0 Å². The van der Waals surface area contributed by atoms with Crippen LogP contribution in [0.2, 0.25) is 4.34 Å². The highest BCUT2D eigenvalue weighted by atomic mass is 35.5. The van der Waals surface area contributed by atoms with Crippen molar-refractivity contribution in [2.75, 3.05) is 0 Å². The number of H-pyrrole nitrogens is 1. The molecule has 4 aromatic rings. The van der Waals surface area contributed by atoms with Crippen molar-refractivity contribution in [3.63, 3.8) is 0 Å². The van der Waals surface area contributed by atoms with Crippen LogP contribution in [0.3, 0.4) is 0 Å². The van der Waals surface area contributed by atoms with Crippen LogP contribution in [0, 0.1) is 0 Å². The molecule has 0 atom stereocenters. The largest absolute Gasteiger partial charge is 0.360 e. The number of hydrogen-bond acceptors (Lipinski definition) is 6. The SMILES string of the molecule is Clc1snnc1CSc1nnc(-c2c[nH]c3ccccc23)n1C1CC1. The van der Waals surface area contributed by atoms with Gasteiger partial charge in [-0.25, -0.2) is 0 Å². The fraction of sp³-hybridized carbons (Fsp3) is 0.250. The Balaban J connectivity index is 1.53. The van der Waals surface area contributed by atoms with Crippen molar-refractivity contribution in [2.45, 2.75) is 29.8 Å². The smallest absolute Gasteiger partial charge is 0.192 e. The monoisotopic (exact) mass is 388 g/mol. The summed E-state index contributed by atoms with van der Waals surface area (Å²) in [7, 11) is 0. The first kappa shape index (κ1) is 15.4. The number of aromatic amines is 1. The van der Waals surface area contributed by atoms with Gasteiger partial charge in [0.15, 0.2) is 11.0 Å².